The molecule has 1 aliphatic heterocycles. The molecule has 3 heterocycles. The highest BCUT2D eigenvalue weighted by atomic mass is 16.2. The molecule has 0 spiro atoms. The van der Waals surface area contributed by atoms with E-state index in [-0.39, 0.29) is 29.0 Å². The number of aromatic nitrogens is 3. The van der Waals surface area contributed by atoms with Gasteiger partial charge in [-0.05, 0) is 30.9 Å². The second-order valence-corrected chi connectivity index (χ2v) is 7.21. The summed E-state index contributed by atoms with van der Waals surface area (Å²) < 4.78 is 0. The van der Waals surface area contributed by atoms with Gasteiger partial charge >= 0.3 is 0 Å². The smallest absolute Gasteiger partial charge is 0.263 e. The molecule has 0 saturated carbocycles. The van der Waals surface area contributed by atoms with E-state index < -0.39 is 0 Å². The number of amides is 1. The van der Waals surface area contributed by atoms with Crippen molar-refractivity contribution in [1.82, 2.24) is 19.9 Å². The van der Waals surface area contributed by atoms with E-state index in [1.807, 2.05) is 17.0 Å². The van der Waals surface area contributed by atoms with Crippen molar-refractivity contribution in [3.8, 4) is 0 Å². The first kappa shape index (κ1) is 16.6. The summed E-state index contributed by atoms with van der Waals surface area (Å²) in [4.78, 5) is 37.4. The van der Waals surface area contributed by atoms with E-state index >= 15 is 0 Å². The molecule has 4 rings (SSSR count). The lowest BCUT2D eigenvalue weighted by atomic mass is 9.90. The molecule has 1 aliphatic rings. The highest BCUT2D eigenvalue weighted by molar-refractivity contribution is 5.94. The van der Waals surface area contributed by atoms with Crippen LogP contribution in [0.3, 0.4) is 0 Å². The number of nitrogens with zero attached hydrogens (tertiary/aromatic N) is 2. The topological polar surface area (TPSA) is 81.8 Å². The van der Waals surface area contributed by atoms with Gasteiger partial charge in [0.2, 0.25) is 0 Å². The molecule has 0 fully saturated rings. The molecule has 134 valence electrons. The van der Waals surface area contributed by atoms with E-state index in [0.29, 0.717) is 12.4 Å². The number of aromatic amines is 2. The molecule has 0 saturated heterocycles. The van der Waals surface area contributed by atoms with Gasteiger partial charge < -0.3 is 14.9 Å². The van der Waals surface area contributed by atoms with Gasteiger partial charge in [-0.3, -0.25) is 9.59 Å². The van der Waals surface area contributed by atoms with Crippen LogP contribution < -0.4 is 5.56 Å². The number of nitrogens with one attached hydrogen (secondary N) is 2. The normalized spacial score (nSPS) is 16.9. The lowest BCUT2D eigenvalue weighted by Gasteiger charge is -2.38. The fourth-order valence-electron chi connectivity index (χ4n) is 3.98. The van der Waals surface area contributed by atoms with E-state index in [9.17, 15) is 9.59 Å². The number of carbonyl (C=O) groups is 1. The standard InChI is InChI=1S/C20H22N4O2/c1-11(2)18-17-14(13-6-4-5-7-16(13)23-17)8-9-24(18)20(26)15-10-21-12(3)22-19(15)25/h4-7,10-11,18,23H,8-9H2,1-3H3,(H,21,22,25)/t18-/m0/s1. The van der Waals surface area contributed by atoms with Crippen molar-refractivity contribution >= 4 is 16.8 Å². The van der Waals surface area contributed by atoms with Crippen molar-refractivity contribution < 1.29 is 4.79 Å². The van der Waals surface area contributed by atoms with E-state index in [1.165, 1.54) is 17.1 Å². The molecule has 2 aromatic heterocycles. The van der Waals surface area contributed by atoms with Crippen molar-refractivity contribution in [2.24, 2.45) is 5.92 Å². The minimum atomic E-state index is -0.382. The number of hydrogen-bond acceptors (Lipinski definition) is 3. The quantitative estimate of drug-likeness (QED) is 0.745. The summed E-state index contributed by atoms with van der Waals surface area (Å²) in [5.41, 5.74) is 3.16. The zero-order valence-electron chi connectivity index (χ0n) is 15.2. The van der Waals surface area contributed by atoms with E-state index in [0.717, 1.165) is 17.6 Å². The summed E-state index contributed by atoms with van der Waals surface area (Å²) in [7, 11) is 0. The number of carbonyl (C=O) groups excluding carboxylic acids is 1. The first-order valence-electron chi connectivity index (χ1n) is 8.93. The Bertz CT molecular complexity index is 1050. The van der Waals surface area contributed by atoms with Gasteiger partial charge in [0.05, 0.1) is 6.04 Å². The maximum Gasteiger partial charge on any atom is 0.263 e. The van der Waals surface area contributed by atoms with Gasteiger partial charge in [-0.15, -0.1) is 0 Å². The number of aryl methyl sites for hydroxylation is 1. The zero-order chi connectivity index (χ0) is 18.4. The molecule has 0 radical (unpaired) electrons. The van der Waals surface area contributed by atoms with Crippen LogP contribution in [0.5, 0.6) is 0 Å². The van der Waals surface area contributed by atoms with Crippen LogP contribution in [0.2, 0.25) is 0 Å². The third-order valence-corrected chi connectivity index (χ3v) is 5.13. The number of fused-ring (bicyclic) bond motifs is 3. The molecular weight excluding hydrogens is 328 g/mol. The molecule has 1 atom stereocenters. The summed E-state index contributed by atoms with van der Waals surface area (Å²) in [5, 5.41) is 1.22. The summed E-state index contributed by atoms with van der Waals surface area (Å²) in [6, 6.07) is 8.13. The third kappa shape index (κ3) is 2.53. The predicted molar refractivity (Wildman–Crippen MR) is 100 cm³/mol. The van der Waals surface area contributed by atoms with Crippen molar-refractivity contribution in [1.29, 1.82) is 0 Å². The second-order valence-electron chi connectivity index (χ2n) is 7.21. The lowest BCUT2D eigenvalue weighted by Crippen LogP contribution is -2.44. The Morgan fingerprint density at radius 3 is 2.77 bits per heavy atom. The fraction of sp³-hybridized carbons (Fsp3) is 0.350. The Morgan fingerprint density at radius 1 is 1.27 bits per heavy atom. The lowest BCUT2D eigenvalue weighted by molar-refractivity contribution is 0.0596. The Morgan fingerprint density at radius 2 is 2.04 bits per heavy atom. The molecule has 3 aromatic rings. The van der Waals surface area contributed by atoms with Gasteiger partial charge in [-0.25, -0.2) is 4.98 Å². The van der Waals surface area contributed by atoms with Crippen molar-refractivity contribution in [3.63, 3.8) is 0 Å². The van der Waals surface area contributed by atoms with Crippen LogP contribution in [-0.2, 0) is 6.42 Å². The molecule has 0 bridgehead atoms. The maximum atomic E-state index is 13.1. The highest BCUT2D eigenvalue weighted by Crippen LogP contribution is 2.38. The summed E-state index contributed by atoms with van der Waals surface area (Å²) in [6.07, 6.45) is 2.15. The van der Waals surface area contributed by atoms with E-state index in [4.69, 9.17) is 0 Å². The van der Waals surface area contributed by atoms with Gasteiger partial charge in [-0.1, -0.05) is 32.0 Å². The second kappa shape index (κ2) is 6.12. The zero-order valence-corrected chi connectivity index (χ0v) is 15.2. The van der Waals surface area contributed by atoms with Gasteiger partial charge in [0, 0.05) is 29.3 Å². The van der Waals surface area contributed by atoms with E-state index in [1.54, 1.807) is 6.92 Å². The first-order chi connectivity index (χ1) is 12.5. The Labute approximate surface area is 151 Å². The first-order valence-corrected chi connectivity index (χ1v) is 8.93. The minimum Gasteiger partial charge on any atom is -0.356 e. The average molecular weight is 350 g/mol. The molecule has 26 heavy (non-hydrogen) atoms. The SMILES string of the molecule is Cc1ncc(C(=O)N2CCc3c([nH]c4ccccc34)[C@@H]2C(C)C)c(=O)[nH]1. The molecule has 1 aromatic carbocycles. The molecule has 6 heteroatoms. The third-order valence-electron chi connectivity index (χ3n) is 5.13. The number of hydrogen-bond donors (Lipinski definition) is 2. The van der Waals surface area contributed by atoms with Gasteiger partial charge in [-0.2, -0.15) is 0 Å². The Hall–Kier alpha value is -2.89. The summed E-state index contributed by atoms with van der Waals surface area (Å²) >= 11 is 0. The molecule has 0 unspecified atom stereocenters. The number of benzene rings is 1. The van der Waals surface area contributed by atoms with Crippen LogP contribution in [0.1, 0.15) is 47.3 Å². The van der Waals surface area contributed by atoms with Crippen LogP contribution >= 0.6 is 0 Å². The minimum absolute atomic E-state index is 0.0978. The van der Waals surface area contributed by atoms with Crippen LogP contribution in [-0.4, -0.2) is 32.3 Å². The van der Waals surface area contributed by atoms with Gasteiger partial charge in [0.1, 0.15) is 11.4 Å². The number of H-pyrrole nitrogens is 2. The van der Waals surface area contributed by atoms with Crippen molar-refractivity contribution in [2.75, 3.05) is 6.54 Å². The highest BCUT2D eigenvalue weighted by Gasteiger charge is 2.36. The Kier molecular flexibility index (Phi) is 3.90. The summed E-state index contributed by atoms with van der Waals surface area (Å²) in [5.74, 6) is 0.453. The predicted octanol–water partition coefficient (Wildman–Crippen LogP) is 2.96. The largest absolute Gasteiger partial charge is 0.356 e. The summed E-state index contributed by atoms with van der Waals surface area (Å²) in [6.45, 7) is 6.49. The van der Waals surface area contributed by atoms with Crippen molar-refractivity contribution in [2.45, 2.75) is 33.2 Å². The van der Waals surface area contributed by atoms with E-state index in [2.05, 4.69) is 40.9 Å². The van der Waals surface area contributed by atoms with Crippen molar-refractivity contribution in [3.05, 3.63) is 63.5 Å². The molecule has 1 amide bonds. The average Bonchev–Trinajstić information content (AvgIpc) is 2.98. The van der Waals surface area contributed by atoms with Crippen LogP contribution in [0.15, 0.2) is 35.3 Å². The van der Waals surface area contributed by atoms with Gasteiger partial charge in [0.25, 0.3) is 11.5 Å². The van der Waals surface area contributed by atoms with Crippen LogP contribution in [0.25, 0.3) is 10.9 Å². The fourth-order valence-corrected chi connectivity index (χ4v) is 3.98. The maximum absolute atomic E-state index is 13.1. The Balaban J connectivity index is 1.80. The van der Waals surface area contributed by atoms with Gasteiger partial charge in [0.15, 0.2) is 0 Å². The van der Waals surface area contributed by atoms with Crippen LogP contribution in [0.4, 0.5) is 0 Å². The molecule has 0 aliphatic carbocycles. The number of para-hydroxylation sites is 1. The number of rotatable bonds is 2. The van der Waals surface area contributed by atoms with Crippen LogP contribution in [0, 0.1) is 12.8 Å². The molecule has 6 nitrogen and oxygen atoms in total. The molecule has 2 N–H and O–H groups in total. The monoisotopic (exact) mass is 350 g/mol. The molecular formula is C20H22N4O2.